The third kappa shape index (κ3) is 1.69. The Morgan fingerprint density at radius 1 is 1.26 bits per heavy atom. The van der Waals surface area contributed by atoms with Crippen LogP contribution in [0.25, 0.3) is 16.9 Å². The van der Waals surface area contributed by atoms with Crippen LogP contribution in [0, 0.1) is 13.8 Å². The topological polar surface area (TPSA) is 61.7 Å². The molecule has 19 heavy (non-hydrogen) atoms. The normalized spacial score (nSPS) is 11.4. The molecule has 0 saturated heterocycles. The van der Waals surface area contributed by atoms with Gasteiger partial charge in [0.1, 0.15) is 5.52 Å². The van der Waals surface area contributed by atoms with Gasteiger partial charge >= 0.3 is 0 Å². The number of imidazole rings is 1. The molecule has 5 nitrogen and oxygen atoms in total. The van der Waals surface area contributed by atoms with Crippen molar-refractivity contribution >= 4 is 28.7 Å². The average Bonchev–Trinajstić information content (AvgIpc) is 2.81. The van der Waals surface area contributed by atoms with Crippen LogP contribution in [-0.2, 0) is 7.05 Å². The van der Waals surface area contributed by atoms with Crippen molar-refractivity contribution in [1.82, 2.24) is 19.3 Å². The molecule has 2 heterocycles. The second-order valence-corrected chi connectivity index (χ2v) is 5.05. The van der Waals surface area contributed by atoms with Crippen LogP contribution in [-0.4, -0.2) is 19.3 Å². The second-order valence-electron chi connectivity index (χ2n) is 4.64. The Balaban J connectivity index is 2.42. The molecule has 2 aromatic heterocycles. The van der Waals surface area contributed by atoms with E-state index in [9.17, 15) is 0 Å². The number of hydrogen-bond donors (Lipinski definition) is 1. The van der Waals surface area contributed by atoms with E-state index in [0.29, 0.717) is 11.0 Å². The highest BCUT2D eigenvalue weighted by Gasteiger charge is 2.18. The molecule has 0 amide bonds. The van der Waals surface area contributed by atoms with E-state index in [1.807, 2.05) is 43.7 Å². The standard InChI is InChI=1S/C13H14ClN5/c1-7-4-5-9(14)10(6-7)19-12-11(16-13(19)15)8(2)17-18(12)3/h4-6H,1-3H3,(H2,15,16). The Morgan fingerprint density at radius 2 is 2.00 bits per heavy atom. The number of benzene rings is 1. The summed E-state index contributed by atoms with van der Waals surface area (Å²) in [7, 11) is 1.87. The third-order valence-electron chi connectivity index (χ3n) is 3.17. The lowest BCUT2D eigenvalue weighted by molar-refractivity contribution is 0.762. The number of halogens is 1. The van der Waals surface area contributed by atoms with E-state index >= 15 is 0 Å². The molecule has 3 rings (SSSR count). The minimum Gasteiger partial charge on any atom is -0.369 e. The summed E-state index contributed by atoms with van der Waals surface area (Å²) in [6.45, 7) is 3.93. The monoisotopic (exact) mass is 275 g/mol. The van der Waals surface area contributed by atoms with Crippen molar-refractivity contribution in [3.63, 3.8) is 0 Å². The SMILES string of the molecule is Cc1ccc(Cl)c(-n2c(N)nc3c(C)nn(C)c32)c1. The molecule has 0 aliphatic heterocycles. The van der Waals surface area contributed by atoms with Crippen LogP contribution in [0.5, 0.6) is 0 Å². The predicted octanol–water partition coefficient (Wildman–Crippen LogP) is 2.61. The highest BCUT2D eigenvalue weighted by atomic mass is 35.5. The van der Waals surface area contributed by atoms with Gasteiger partial charge in [-0.15, -0.1) is 0 Å². The summed E-state index contributed by atoms with van der Waals surface area (Å²) in [6, 6.07) is 5.81. The molecule has 0 spiro atoms. The number of nitrogens with two attached hydrogens (primary N) is 1. The first-order chi connectivity index (χ1) is 8.99. The summed E-state index contributed by atoms with van der Waals surface area (Å²) in [6.07, 6.45) is 0. The molecule has 6 heteroatoms. The van der Waals surface area contributed by atoms with Crippen LogP contribution < -0.4 is 5.73 Å². The van der Waals surface area contributed by atoms with Gasteiger partial charge in [-0.1, -0.05) is 17.7 Å². The van der Waals surface area contributed by atoms with Gasteiger partial charge in [0.05, 0.1) is 16.4 Å². The maximum atomic E-state index is 6.29. The lowest BCUT2D eigenvalue weighted by atomic mass is 10.2. The maximum absolute atomic E-state index is 6.29. The molecule has 0 aliphatic rings. The van der Waals surface area contributed by atoms with E-state index in [1.54, 1.807) is 4.68 Å². The Kier molecular flexibility index (Phi) is 2.53. The zero-order chi connectivity index (χ0) is 13.7. The summed E-state index contributed by atoms with van der Waals surface area (Å²) in [5, 5.41) is 5.00. The molecule has 98 valence electrons. The molecule has 0 bridgehead atoms. The number of hydrogen-bond acceptors (Lipinski definition) is 3. The van der Waals surface area contributed by atoms with E-state index in [4.69, 9.17) is 17.3 Å². The zero-order valence-corrected chi connectivity index (χ0v) is 11.7. The molecule has 0 radical (unpaired) electrons. The molecule has 0 unspecified atom stereocenters. The van der Waals surface area contributed by atoms with Gasteiger partial charge in [-0.3, -0.25) is 4.57 Å². The molecule has 0 atom stereocenters. The third-order valence-corrected chi connectivity index (χ3v) is 3.49. The molecule has 0 fully saturated rings. The van der Waals surface area contributed by atoms with E-state index in [2.05, 4.69) is 10.1 Å². The minimum atomic E-state index is 0.415. The molecule has 0 aliphatic carbocycles. The summed E-state index contributed by atoms with van der Waals surface area (Å²) in [4.78, 5) is 4.38. The Bertz CT molecular complexity index is 784. The fourth-order valence-corrected chi connectivity index (χ4v) is 2.52. The van der Waals surface area contributed by atoms with Gasteiger partial charge in [0.2, 0.25) is 5.95 Å². The van der Waals surface area contributed by atoms with Gasteiger partial charge in [0.25, 0.3) is 0 Å². The fraction of sp³-hybridized carbons (Fsp3) is 0.231. The number of aromatic nitrogens is 4. The first-order valence-electron chi connectivity index (χ1n) is 5.93. The maximum Gasteiger partial charge on any atom is 0.207 e. The van der Waals surface area contributed by atoms with E-state index in [0.717, 1.165) is 28.1 Å². The summed E-state index contributed by atoms with van der Waals surface area (Å²) in [5.74, 6) is 0.415. The molecule has 0 saturated carbocycles. The highest BCUT2D eigenvalue weighted by Crippen LogP contribution is 2.29. The van der Waals surface area contributed by atoms with Crippen molar-refractivity contribution in [2.75, 3.05) is 5.73 Å². The quantitative estimate of drug-likeness (QED) is 0.742. The Hall–Kier alpha value is -2.01. The van der Waals surface area contributed by atoms with Crippen LogP contribution in [0.4, 0.5) is 5.95 Å². The van der Waals surface area contributed by atoms with Crippen LogP contribution in [0.1, 0.15) is 11.3 Å². The van der Waals surface area contributed by atoms with Crippen molar-refractivity contribution < 1.29 is 0 Å². The predicted molar refractivity (Wildman–Crippen MR) is 76.7 cm³/mol. The van der Waals surface area contributed by atoms with Gasteiger partial charge < -0.3 is 5.73 Å². The minimum absolute atomic E-state index is 0.415. The van der Waals surface area contributed by atoms with Crippen LogP contribution in [0.15, 0.2) is 18.2 Å². The van der Waals surface area contributed by atoms with Crippen LogP contribution in [0.2, 0.25) is 5.02 Å². The van der Waals surface area contributed by atoms with Gasteiger partial charge in [-0.2, -0.15) is 5.10 Å². The summed E-state index contributed by atoms with van der Waals surface area (Å²) < 4.78 is 3.61. The lowest BCUT2D eigenvalue weighted by Gasteiger charge is -2.09. The second kappa shape index (κ2) is 3.99. The number of anilines is 1. The van der Waals surface area contributed by atoms with Gasteiger partial charge in [0.15, 0.2) is 5.65 Å². The van der Waals surface area contributed by atoms with E-state index < -0.39 is 0 Å². The smallest absolute Gasteiger partial charge is 0.207 e. The molecule has 3 aromatic rings. The van der Waals surface area contributed by atoms with Gasteiger partial charge in [-0.05, 0) is 31.5 Å². The first-order valence-corrected chi connectivity index (χ1v) is 6.31. The molecule has 2 N–H and O–H groups in total. The number of nitrogen functional groups attached to an aromatic ring is 1. The zero-order valence-electron chi connectivity index (χ0n) is 11.0. The van der Waals surface area contributed by atoms with Crippen molar-refractivity contribution in [2.45, 2.75) is 13.8 Å². The summed E-state index contributed by atoms with van der Waals surface area (Å²) in [5.41, 5.74) is 10.5. The largest absolute Gasteiger partial charge is 0.369 e. The number of aryl methyl sites for hydroxylation is 3. The highest BCUT2D eigenvalue weighted by molar-refractivity contribution is 6.32. The molecular formula is C13H14ClN5. The lowest BCUT2D eigenvalue weighted by Crippen LogP contribution is -2.05. The van der Waals surface area contributed by atoms with Gasteiger partial charge in [0, 0.05) is 7.05 Å². The van der Waals surface area contributed by atoms with Crippen molar-refractivity contribution in [3.05, 3.63) is 34.5 Å². The number of rotatable bonds is 1. The van der Waals surface area contributed by atoms with Crippen molar-refractivity contribution in [2.24, 2.45) is 7.05 Å². The van der Waals surface area contributed by atoms with Crippen molar-refractivity contribution in [3.8, 4) is 5.69 Å². The van der Waals surface area contributed by atoms with E-state index in [1.165, 1.54) is 0 Å². The fourth-order valence-electron chi connectivity index (χ4n) is 2.32. The Labute approximate surface area is 115 Å². The van der Waals surface area contributed by atoms with E-state index in [-0.39, 0.29) is 0 Å². The molecular weight excluding hydrogens is 262 g/mol. The van der Waals surface area contributed by atoms with Crippen LogP contribution in [0.3, 0.4) is 0 Å². The van der Waals surface area contributed by atoms with Gasteiger partial charge in [-0.25, -0.2) is 9.67 Å². The number of nitrogens with zero attached hydrogens (tertiary/aromatic N) is 4. The molecule has 1 aromatic carbocycles. The number of fused-ring (bicyclic) bond motifs is 1. The average molecular weight is 276 g/mol. The Morgan fingerprint density at radius 3 is 2.74 bits per heavy atom. The first kappa shape index (κ1) is 12.0. The van der Waals surface area contributed by atoms with Crippen molar-refractivity contribution in [1.29, 1.82) is 0 Å². The summed E-state index contributed by atoms with van der Waals surface area (Å²) >= 11 is 6.29. The van der Waals surface area contributed by atoms with Crippen LogP contribution >= 0.6 is 11.6 Å².